The average molecular weight is 275 g/mol. The molecule has 4 nitrogen and oxygen atoms in total. The standard InChI is InChI=1S/C16H21NO3/c1-5-20-14(19)8-13-16(10-15(3,4)17-13)7-6-12(18)11(2)9-16/h6-9,17H,5,10H2,1-4H3. The molecule has 1 aliphatic carbocycles. The number of hydrogen-bond acceptors (Lipinski definition) is 4. The zero-order chi connectivity index (χ0) is 15.0. The molecule has 1 heterocycles. The van der Waals surface area contributed by atoms with E-state index in [1.807, 2.05) is 12.2 Å². The van der Waals surface area contributed by atoms with Gasteiger partial charge in [-0.3, -0.25) is 4.79 Å². The molecule has 0 aromatic heterocycles. The molecule has 0 bridgehead atoms. The first-order valence-electron chi connectivity index (χ1n) is 6.88. The predicted octanol–water partition coefficient (Wildman–Crippen LogP) is 2.28. The van der Waals surface area contributed by atoms with Crippen LogP contribution in [0.3, 0.4) is 0 Å². The topological polar surface area (TPSA) is 55.4 Å². The second-order valence-corrected chi connectivity index (χ2v) is 6.06. The Bertz CT molecular complexity index is 540. The Hall–Kier alpha value is -1.84. The Morgan fingerprint density at radius 3 is 2.80 bits per heavy atom. The lowest BCUT2D eigenvalue weighted by Gasteiger charge is -2.26. The summed E-state index contributed by atoms with van der Waals surface area (Å²) >= 11 is 0. The van der Waals surface area contributed by atoms with Gasteiger partial charge in [-0.15, -0.1) is 0 Å². The number of rotatable bonds is 2. The summed E-state index contributed by atoms with van der Waals surface area (Å²) in [6, 6.07) is 0. The van der Waals surface area contributed by atoms with Crippen LogP contribution in [0.15, 0.2) is 35.6 Å². The fourth-order valence-corrected chi connectivity index (χ4v) is 2.96. The second-order valence-electron chi connectivity index (χ2n) is 6.06. The van der Waals surface area contributed by atoms with Crippen molar-refractivity contribution in [3.05, 3.63) is 35.6 Å². The molecule has 1 fully saturated rings. The molecule has 1 N–H and O–H groups in total. The molecule has 1 unspecified atom stereocenters. The van der Waals surface area contributed by atoms with E-state index in [1.165, 1.54) is 6.08 Å². The van der Waals surface area contributed by atoms with Crippen LogP contribution in [0, 0.1) is 5.41 Å². The highest BCUT2D eigenvalue weighted by Gasteiger charge is 2.45. The summed E-state index contributed by atoms with van der Waals surface area (Å²) in [5.41, 5.74) is 0.958. The van der Waals surface area contributed by atoms with Crippen LogP contribution in [0.5, 0.6) is 0 Å². The zero-order valence-electron chi connectivity index (χ0n) is 12.4. The third-order valence-electron chi connectivity index (χ3n) is 3.65. The summed E-state index contributed by atoms with van der Waals surface area (Å²) in [6.45, 7) is 8.09. The molecule has 0 radical (unpaired) electrons. The summed E-state index contributed by atoms with van der Waals surface area (Å²) in [5.74, 6) is -0.334. The van der Waals surface area contributed by atoms with Crippen LogP contribution in [-0.2, 0) is 14.3 Å². The molecule has 1 saturated heterocycles. The summed E-state index contributed by atoms with van der Waals surface area (Å²) in [7, 11) is 0. The lowest BCUT2D eigenvalue weighted by atomic mass is 9.75. The SMILES string of the molecule is CCOC(=O)C=C1NC(C)(C)CC12C=CC(=O)C(C)=C2. The minimum absolute atomic E-state index is 0.0239. The van der Waals surface area contributed by atoms with Crippen LogP contribution >= 0.6 is 0 Å². The Kier molecular flexibility index (Phi) is 3.59. The maximum atomic E-state index is 11.7. The second kappa shape index (κ2) is 4.93. The van der Waals surface area contributed by atoms with E-state index >= 15 is 0 Å². The molecule has 1 spiro atoms. The van der Waals surface area contributed by atoms with Crippen molar-refractivity contribution < 1.29 is 14.3 Å². The Labute approximate surface area is 119 Å². The minimum Gasteiger partial charge on any atom is -0.463 e. The van der Waals surface area contributed by atoms with E-state index in [9.17, 15) is 9.59 Å². The third kappa shape index (κ3) is 2.69. The Balaban J connectivity index is 2.42. The predicted molar refractivity (Wildman–Crippen MR) is 76.9 cm³/mol. The zero-order valence-corrected chi connectivity index (χ0v) is 12.4. The van der Waals surface area contributed by atoms with Crippen molar-refractivity contribution >= 4 is 11.8 Å². The highest BCUT2D eigenvalue weighted by atomic mass is 16.5. The van der Waals surface area contributed by atoms with Gasteiger partial charge in [-0.05, 0) is 45.8 Å². The van der Waals surface area contributed by atoms with Crippen LogP contribution in [0.2, 0.25) is 0 Å². The highest BCUT2D eigenvalue weighted by molar-refractivity contribution is 6.05. The van der Waals surface area contributed by atoms with Gasteiger partial charge in [-0.1, -0.05) is 12.2 Å². The molecule has 4 heteroatoms. The van der Waals surface area contributed by atoms with Crippen LogP contribution in [0.1, 0.15) is 34.1 Å². The lowest BCUT2D eigenvalue weighted by molar-refractivity contribution is -0.137. The van der Waals surface area contributed by atoms with Crippen molar-refractivity contribution in [3.63, 3.8) is 0 Å². The molecule has 108 valence electrons. The van der Waals surface area contributed by atoms with Crippen LogP contribution in [0.25, 0.3) is 0 Å². The Morgan fingerprint density at radius 1 is 1.50 bits per heavy atom. The van der Waals surface area contributed by atoms with E-state index in [4.69, 9.17) is 4.74 Å². The quantitative estimate of drug-likeness (QED) is 0.620. The molecular formula is C16H21NO3. The molecule has 20 heavy (non-hydrogen) atoms. The summed E-state index contributed by atoms with van der Waals surface area (Å²) in [6.07, 6.45) is 7.73. The number of carbonyl (C=O) groups excluding carboxylic acids is 2. The van der Waals surface area contributed by atoms with Crippen molar-refractivity contribution in [2.75, 3.05) is 6.61 Å². The van der Waals surface area contributed by atoms with Gasteiger partial charge in [-0.25, -0.2) is 4.79 Å². The van der Waals surface area contributed by atoms with Gasteiger partial charge in [0.15, 0.2) is 5.78 Å². The van der Waals surface area contributed by atoms with Gasteiger partial charge in [0, 0.05) is 22.7 Å². The molecule has 2 rings (SSSR count). The molecule has 1 atom stereocenters. The highest BCUT2D eigenvalue weighted by Crippen LogP contribution is 2.46. The number of ketones is 1. The van der Waals surface area contributed by atoms with Gasteiger partial charge in [0.2, 0.25) is 0 Å². The Morgan fingerprint density at radius 2 is 2.20 bits per heavy atom. The van der Waals surface area contributed by atoms with Crippen LogP contribution in [0.4, 0.5) is 0 Å². The van der Waals surface area contributed by atoms with Gasteiger partial charge in [0.05, 0.1) is 6.61 Å². The van der Waals surface area contributed by atoms with Gasteiger partial charge in [-0.2, -0.15) is 0 Å². The monoisotopic (exact) mass is 275 g/mol. The molecule has 0 amide bonds. The van der Waals surface area contributed by atoms with E-state index < -0.39 is 5.41 Å². The average Bonchev–Trinajstić information content (AvgIpc) is 2.56. The number of hydrogen-bond donors (Lipinski definition) is 1. The smallest absolute Gasteiger partial charge is 0.332 e. The summed E-state index contributed by atoms with van der Waals surface area (Å²) < 4.78 is 4.99. The molecule has 0 aromatic rings. The number of ether oxygens (including phenoxy) is 1. The van der Waals surface area contributed by atoms with Crippen molar-refractivity contribution in [3.8, 4) is 0 Å². The first-order valence-corrected chi connectivity index (χ1v) is 6.88. The third-order valence-corrected chi connectivity index (χ3v) is 3.65. The van der Waals surface area contributed by atoms with Gasteiger partial charge in [0.25, 0.3) is 0 Å². The van der Waals surface area contributed by atoms with E-state index in [0.717, 1.165) is 12.1 Å². The summed E-state index contributed by atoms with van der Waals surface area (Å²) in [5, 5.41) is 3.37. The van der Waals surface area contributed by atoms with Gasteiger partial charge >= 0.3 is 5.97 Å². The molecule has 1 aliphatic heterocycles. The number of nitrogens with one attached hydrogen (secondary N) is 1. The van der Waals surface area contributed by atoms with Crippen LogP contribution in [-0.4, -0.2) is 23.9 Å². The van der Waals surface area contributed by atoms with Crippen molar-refractivity contribution in [2.24, 2.45) is 5.41 Å². The fraction of sp³-hybridized carbons (Fsp3) is 0.500. The van der Waals surface area contributed by atoms with E-state index in [2.05, 4.69) is 19.2 Å². The largest absolute Gasteiger partial charge is 0.463 e. The first kappa shape index (κ1) is 14.6. The number of allylic oxidation sites excluding steroid dienone is 3. The van der Waals surface area contributed by atoms with E-state index in [-0.39, 0.29) is 17.3 Å². The van der Waals surface area contributed by atoms with Crippen molar-refractivity contribution in [1.82, 2.24) is 5.32 Å². The number of esters is 1. The van der Waals surface area contributed by atoms with Crippen molar-refractivity contribution in [1.29, 1.82) is 0 Å². The molecule has 2 aliphatic rings. The van der Waals surface area contributed by atoms with Crippen LogP contribution < -0.4 is 5.32 Å². The maximum absolute atomic E-state index is 11.7. The van der Waals surface area contributed by atoms with E-state index in [1.54, 1.807) is 19.9 Å². The normalized spacial score (nSPS) is 29.5. The molecule has 0 aromatic carbocycles. The maximum Gasteiger partial charge on any atom is 0.332 e. The van der Waals surface area contributed by atoms with Gasteiger partial charge < -0.3 is 10.1 Å². The first-order chi connectivity index (χ1) is 9.28. The van der Waals surface area contributed by atoms with E-state index in [0.29, 0.717) is 12.2 Å². The number of carbonyl (C=O) groups is 2. The lowest BCUT2D eigenvalue weighted by Crippen LogP contribution is -2.31. The summed E-state index contributed by atoms with van der Waals surface area (Å²) in [4.78, 5) is 23.4. The van der Waals surface area contributed by atoms with Gasteiger partial charge in [0.1, 0.15) is 0 Å². The van der Waals surface area contributed by atoms with Crippen molar-refractivity contribution in [2.45, 2.75) is 39.7 Å². The minimum atomic E-state index is -0.408. The molecular weight excluding hydrogens is 254 g/mol. The molecule has 0 saturated carbocycles. The fourth-order valence-electron chi connectivity index (χ4n) is 2.96.